The number of benzene rings is 2. The molecule has 2 aromatic heterocycles. The maximum Gasteiger partial charge on any atom is 0.344 e. The van der Waals surface area contributed by atoms with Gasteiger partial charge < -0.3 is 19.8 Å². The molecule has 4 aromatic rings. The van der Waals surface area contributed by atoms with E-state index >= 15 is 0 Å². The number of anilines is 1. The molecular weight excluding hydrogens is 392 g/mol. The first-order valence-corrected chi connectivity index (χ1v) is 10.4. The minimum atomic E-state index is -0.468. The van der Waals surface area contributed by atoms with Gasteiger partial charge in [-0.2, -0.15) is 0 Å². The molecule has 0 unspecified atom stereocenters. The van der Waals surface area contributed by atoms with Gasteiger partial charge in [0.15, 0.2) is 5.65 Å². The molecule has 0 spiro atoms. The molecule has 0 saturated heterocycles. The summed E-state index contributed by atoms with van der Waals surface area (Å²) in [5, 5.41) is 0. The van der Waals surface area contributed by atoms with Gasteiger partial charge in [-0.25, -0.2) is 14.8 Å². The minimum absolute atomic E-state index is 0.210. The topological polar surface area (TPSA) is 92.3 Å². The van der Waals surface area contributed by atoms with E-state index in [0.717, 1.165) is 23.3 Å². The smallest absolute Gasteiger partial charge is 0.344 e. The van der Waals surface area contributed by atoms with Crippen molar-refractivity contribution in [2.24, 2.45) is 0 Å². The molecule has 2 aromatic carbocycles. The van der Waals surface area contributed by atoms with Crippen molar-refractivity contribution in [3.8, 4) is 5.75 Å². The van der Waals surface area contributed by atoms with Crippen LogP contribution in [-0.4, -0.2) is 33.7 Å². The molecule has 4 rings (SSSR count). The number of hydrogen-bond donors (Lipinski definition) is 1. The van der Waals surface area contributed by atoms with E-state index in [1.165, 1.54) is 0 Å². The number of ether oxygens (including phenoxy) is 2. The molecule has 0 aliphatic heterocycles. The number of rotatable bonds is 7. The summed E-state index contributed by atoms with van der Waals surface area (Å²) in [4.78, 5) is 22.4. The van der Waals surface area contributed by atoms with Crippen molar-refractivity contribution in [3.63, 3.8) is 0 Å². The number of aryl methyl sites for hydroxylation is 2. The number of para-hydroxylation sites is 2. The third-order valence-corrected chi connectivity index (χ3v) is 5.46. The maximum atomic E-state index is 12.9. The first-order chi connectivity index (χ1) is 15.0. The van der Waals surface area contributed by atoms with Crippen LogP contribution in [-0.2, 0) is 17.7 Å². The monoisotopic (exact) mass is 418 g/mol. The average Bonchev–Trinajstić information content (AvgIpc) is 3.06. The van der Waals surface area contributed by atoms with Gasteiger partial charge in [-0.3, -0.25) is 0 Å². The molecule has 1 atom stereocenters. The number of carbonyl (C=O) groups excluding carboxylic acids is 1. The minimum Gasteiger partial charge on any atom is -0.497 e. The highest BCUT2D eigenvalue weighted by molar-refractivity contribution is 6.08. The van der Waals surface area contributed by atoms with Crippen LogP contribution in [0.4, 0.5) is 5.82 Å². The van der Waals surface area contributed by atoms with Crippen molar-refractivity contribution in [1.82, 2.24) is 14.5 Å². The molecule has 0 aliphatic rings. The van der Waals surface area contributed by atoms with Crippen LogP contribution in [0.2, 0.25) is 0 Å². The summed E-state index contributed by atoms with van der Waals surface area (Å²) in [6, 6.07) is 15.5. The molecule has 2 N–H and O–H groups in total. The van der Waals surface area contributed by atoms with Crippen LogP contribution < -0.4 is 10.5 Å². The normalized spacial score (nSPS) is 12.2. The molecule has 31 heavy (non-hydrogen) atoms. The lowest BCUT2D eigenvalue weighted by Crippen LogP contribution is -2.16. The molecule has 160 valence electrons. The second-order valence-electron chi connectivity index (χ2n) is 7.52. The Morgan fingerprint density at radius 2 is 1.77 bits per heavy atom. The van der Waals surface area contributed by atoms with Crippen LogP contribution in [0, 0.1) is 0 Å². The van der Waals surface area contributed by atoms with Crippen molar-refractivity contribution in [3.05, 3.63) is 59.7 Å². The van der Waals surface area contributed by atoms with E-state index in [9.17, 15) is 4.79 Å². The molecule has 7 nitrogen and oxygen atoms in total. The zero-order valence-electron chi connectivity index (χ0n) is 18.0. The SMILES string of the molecule is CC[C@H](C)OC(=O)c1c(N)n(CCc2ccc(OC)cc2)c2nc3ccccc3nc12. The van der Waals surface area contributed by atoms with Crippen LogP contribution >= 0.6 is 0 Å². The largest absolute Gasteiger partial charge is 0.497 e. The number of methoxy groups -OCH3 is 1. The highest BCUT2D eigenvalue weighted by atomic mass is 16.5. The summed E-state index contributed by atoms with van der Waals surface area (Å²) in [5.41, 5.74) is 10.4. The van der Waals surface area contributed by atoms with Gasteiger partial charge in [0.25, 0.3) is 0 Å². The van der Waals surface area contributed by atoms with Gasteiger partial charge in [0.05, 0.1) is 24.2 Å². The fourth-order valence-electron chi connectivity index (χ4n) is 3.50. The summed E-state index contributed by atoms with van der Waals surface area (Å²) in [6.07, 6.45) is 1.22. The highest BCUT2D eigenvalue weighted by Crippen LogP contribution is 2.29. The van der Waals surface area contributed by atoms with Crippen molar-refractivity contribution in [1.29, 1.82) is 0 Å². The Kier molecular flexibility index (Phi) is 5.75. The fourth-order valence-corrected chi connectivity index (χ4v) is 3.50. The summed E-state index contributed by atoms with van der Waals surface area (Å²) < 4.78 is 12.7. The number of carbonyl (C=O) groups is 1. The van der Waals surface area contributed by atoms with Gasteiger partial charge in [-0.15, -0.1) is 0 Å². The quantitative estimate of drug-likeness (QED) is 0.448. The third kappa shape index (κ3) is 4.03. The van der Waals surface area contributed by atoms with E-state index in [1.54, 1.807) is 7.11 Å². The average molecular weight is 418 g/mol. The second kappa shape index (κ2) is 8.63. The number of esters is 1. The number of nitrogen functional groups attached to an aromatic ring is 1. The molecule has 0 fully saturated rings. The van der Waals surface area contributed by atoms with E-state index in [-0.39, 0.29) is 11.7 Å². The van der Waals surface area contributed by atoms with Crippen molar-refractivity contribution in [2.75, 3.05) is 12.8 Å². The van der Waals surface area contributed by atoms with Crippen LogP contribution in [0.1, 0.15) is 36.2 Å². The lowest BCUT2D eigenvalue weighted by Gasteiger charge is -2.11. The number of aromatic nitrogens is 3. The molecule has 7 heteroatoms. The zero-order valence-corrected chi connectivity index (χ0v) is 18.0. The Morgan fingerprint density at radius 1 is 1.10 bits per heavy atom. The molecule has 2 heterocycles. The van der Waals surface area contributed by atoms with Crippen LogP contribution in [0.25, 0.3) is 22.2 Å². The van der Waals surface area contributed by atoms with Crippen LogP contribution in [0.15, 0.2) is 48.5 Å². The summed E-state index contributed by atoms with van der Waals surface area (Å²) in [6.45, 7) is 4.38. The number of nitrogens with zero attached hydrogens (tertiary/aromatic N) is 3. The standard InChI is InChI=1S/C24H26N4O3/c1-4-15(2)31-24(29)20-21-23(27-19-8-6-5-7-18(19)26-21)28(22(20)25)14-13-16-9-11-17(30-3)12-10-16/h5-12,15H,4,13-14,25H2,1-3H3/t15-/m0/s1. The second-order valence-corrected chi connectivity index (χ2v) is 7.52. The van der Waals surface area contributed by atoms with Crippen molar-refractivity contribution < 1.29 is 14.3 Å². The Labute approximate surface area is 180 Å². The maximum absolute atomic E-state index is 12.9. The van der Waals surface area contributed by atoms with Crippen molar-refractivity contribution in [2.45, 2.75) is 39.3 Å². The summed E-state index contributed by atoms with van der Waals surface area (Å²) >= 11 is 0. The van der Waals surface area contributed by atoms with Gasteiger partial charge in [0.2, 0.25) is 0 Å². The van der Waals surface area contributed by atoms with Gasteiger partial charge >= 0.3 is 5.97 Å². The fraction of sp³-hybridized carbons (Fsp3) is 0.292. The predicted octanol–water partition coefficient (Wildman–Crippen LogP) is 4.37. The predicted molar refractivity (Wildman–Crippen MR) is 121 cm³/mol. The number of nitrogens with two attached hydrogens (primary N) is 1. The number of fused-ring (bicyclic) bond motifs is 2. The zero-order chi connectivity index (χ0) is 22.0. The molecule has 0 bridgehead atoms. The first-order valence-electron chi connectivity index (χ1n) is 10.4. The van der Waals surface area contributed by atoms with Crippen LogP contribution in [0.3, 0.4) is 0 Å². The Morgan fingerprint density at radius 3 is 2.42 bits per heavy atom. The van der Waals surface area contributed by atoms with Gasteiger partial charge in [-0.1, -0.05) is 31.2 Å². The summed E-state index contributed by atoms with van der Waals surface area (Å²) in [5.74, 6) is 0.666. The third-order valence-electron chi connectivity index (χ3n) is 5.46. The Hall–Kier alpha value is -3.61. The lowest BCUT2D eigenvalue weighted by molar-refractivity contribution is 0.0338. The molecule has 0 amide bonds. The van der Waals surface area contributed by atoms with E-state index in [0.29, 0.717) is 35.5 Å². The van der Waals surface area contributed by atoms with Crippen molar-refractivity contribution >= 4 is 34.0 Å². The van der Waals surface area contributed by atoms with E-state index in [2.05, 4.69) is 0 Å². The van der Waals surface area contributed by atoms with Gasteiger partial charge in [-0.05, 0) is 49.6 Å². The van der Waals surface area contributed by atoms with E-state index in [1.807, 2.05) is 66.9 Å². The molecular formula is C24H26N4O3. The van der Waals surface area contributed by atoms with Crippen LogP contribution in [0.5, 0.6) is 5.75 Å². The van der Waals surface area contributed by atoms with Gasteiger partial charge in [0.1, 0.15) is 22.6 Å². The Balaban J connectivity index is 1.78. The highest BCUT2D eigenvalue weighted by Gasteiger charge is 2.26. The summed E-state index contributed by atoms with van der Waals surface area (Å²) in [7, 11) is 1.64. The van der Waals surface area contributed by atoms with E-state index in [4.69, 9.17) is 25.2 Å². The first kappa shape index (κ1) is 20.7. The number of hydrogen-bond acceptors (Lipinski definition) is 6. The molecule has 0 saturated carbocycles. The Bertz CT molecular complexity index is 1230. The van der Waals surface area contributed by atoms with Gasteiger partial charge in [0, 0.05) is 6.54 Å². The van der Waals surface area contributed by atoms with E-state index < -0.39 is 5.97 Å². The molecule has 0 aliphatic carbocycles. The lowest BCUT2D eigenvalue weighted by atomic mass is 10.1. The molecule has 0 radical (unpaired) electrons.